The van der Waals surface area contributed by atoms with Gasteiger partial charge in [0.1, 0.15) is 5.75 Å². The summed E-state index contributed by atoms with van der Waals surface area (Å²) < 4.78 is 6.25. The lowest BCUT2D eigenvalue weighted by atomic mass is 9.99. The summed E-state index contributed by atoms with van der Waals surface area (Å²) in [5.41, 5.74) is 3.55. The van der Waals surface area contributed by atoms with Crippen LogP contribution in [0.1, 0.15) is 22.9 Å². The van der Waals surface area contributed by atoms with Crippen molar-refractivity contribution >= 4 is 15.9 Å². The number of likely N-dealkylation sites (N-methyl/N-ethyl adjacent to an activating group) is 1. The van der Waals surface area contributed by atoms with Crippen molar-refractivity contribution in [3.63, 3.8) is 0 Å². The highest BCUT2D eigenvalue weighted by molar-refractivity contribution is 9.10. The second-order valence-electron chi connectivity index (χ2n) is 4.74. The molecule has 0 fully saturated rings. The number of methoxy groups -OCH3 is 1. The summed E-state index contributed by atoms with van der Waals surface area (Å²) in [4.78, 5) is 4.25. The van der Waals surface area contributed by atoms with Gasteiger partial charge in [-0.05, 0) is 71.7 Å². The van der Waals surface area contributed by atoms with E-state index in [0.717, 1.165) is 22.3 Å². The van der Waals surface area contributed by atoms with E-state index < -0.39 is 0 Å². The molecule has 4 heteroatoms. The fourth-order valence-electron chi connectivity index (χ4n) is 2.24. The third-order valence-electron chi connectivity index (χ3n) is 3.33. The molecule has 20 heavy (non-hydrogen) atoms. The largest absolute Gasteiger partial charge is 0.496 e. The Morgan fingerprint density at radius 1 is 1.30 bits per heavy atom. The smallest absolute Gasteiger partial charge is 0.133 e. The summed E-state index contributed by atoms with van der Waals surface area (Å²) in [6.45, 7) is 2.01. The Kier molecular flexibility index (Phi) is 5.15. The maximum Gasteiger partial charge on any atom is 0.133 e. The molecule has 1 N–H and O–H groups in total. The molecule has 0 aliphatic heterocycles. The van der Waals surface area contributed by atoms with E-state index in [4.69, 9.17) is 4.74 Å². The molecular formula is C16H19BrN2O. The third-order valence-corrected chi connectivity index (χ3v) is 3.95. The lowest BCUT2D eigenvalue weighted by Crippen LogP contribution is -2.19. The Bertz CT molecular complexity index is 586. The van der Waals surface area contributed by atoms with E-state index in [2.05, 4.69) is 50.5 Å². The summed E-state index contributed by atoms with van der Waals surface area (Å²) in [6, 6.07) is 10.7. The molecule has 0 amide bonds. The van der Waals surface area contributed by atoms with Gasteiger partial charge in [0.25, 0.3) is 0 Å². The van der Waals surface area contributed by atoms with Crippen LogP contribution in [0.2, 0.25) is 0 Å². The van der Waals surface area contributed by atoms with Crippen LogP contribution in [0, 0.1) is 6.92 Å². The Morgan fingerprint density at radius 3 is 2.70 bits per heavy atom. The van der Waals surface area contributed by atoms with Crippen molar-refractivity contribution in [1.29, 1.82) is 0 Å². The van der Waals surface area contributed by atoms with Crippen LogP contribution in [-0.4, -0.2) is 19.1 Å². The Morgan fingerprint density at radius 2 is 2.10 bits per heavy atom. The van der Waals surface area contributed by atoms with E-state index in [0.29, 0.717) is 0 Å². The van der Waals surface area contributed by atoms with E-state index in [1.165, 1.54) is 11.1 Å². The van der Waals surface area contributed by atoms with Crippen LogP contribution in [0.5, 0.6) is 5.75 Å². The number of rotatable bonds is 5. The van der Waals surface area contributed by atoms with Gasteiger partial charge in [0, 0.05) is 17.9 Å². The van der Waals surface area contributed by atoms with Crippen molar-refractivity contribution < 1.29 is 4.74 Å². The van der Waals surface area contributed by atoms with Gasteiger partial charge in [0.15, 0.2) is 0 Å². The molecule has 0 aliphatic carbocycles. The second-order valence-corrected chi connectivity index (χ2v) is 5.60. The molecule has 0 aliphatic rings. The lowest BCUT2D eigenvalue weighted by Gasteiger charge is -2.17. The maximum atomic E-state index is 5.26. The number of nitrogens with one attached hydrogen (secondary N) is 1. The van der Waals surface area contributed by atoms with Crippen molar-refractivity contribution in [1.82, 2.24) is 10.3 Å². The number of hydrogen-bond acceptors (Lipinski definition) is 3. The molecule has 2 rings (SSSR count). The summed E-state index contributed by atoms with van der Waals surface area (Å²) in [5, 5.41) is 3.37. The van der Waals surface area contributed by atoms with Gasteiger partial charge in [-0.1, -0.05) is 6.07 Å². The number of aromatic nitrogens is 1. The average Bonchev–Trinajstić information content (AvgIpc) is 2.45. The number of hydrogen-bond donors (Lipinski definition) is 1. The topological polar surface area (TPSA) is 34.1 Å². The van der Waals surface area contributed by atoms with Crippen molar-refractivity contribution in [2.75, 3.05) is 14.2 Å². The predicted molar refractivity (Wildman–Crippen MR) is 85.2 cm³/mol. The monoisotopic (exact) mass is 334 g/mol. The Labute approximate surface area is 128 Å². The average molecular weight is 335 g/mol. The van der Waals surface area contributed by atoms with Gasteiger partial charge in [-0.25, -0.2) is 0 Å². The van der Waals surface area contributed by atoms with Gasteiger partial charge in [-0.15, -0.1) is 0 Å². The van der Waals surface area contributed by atoms with Crippen molar-refractivity contribution in [2.45, 2.75) is 19.4 Å². The summed E-state index contributed by atoms with van der Waals surface area (Å²) in [6.07, 6.45) is 2.78. The van der Waals surface area contributed by atoms with E-state index in [1.807, 2.05) is 26.2 Å². The molecule has 0 radical (unpaired) electrons. The zero-order valence-electron chi connectivity index (χ0n) is 12.0. The molecule has 3 nitrogen and oxygen atoms in total. The molecule has 2 aromatic rings. The van der Waals surface area contributed by atoms with E-state index in [1.54, 1.807) is 7.11 Å². The van der Waals surface area contributed by atoms with Gasteiger partial charge in [0.2, 0.25) is 0 Å². The van der Waals surface area contributed by atoms with Crippen LogP contribution in [0.25, 0.3) is 0 Å². The van der Waals surface area contributed by atoms with Crippen LogP contribution >= 0.6 is 15.9 Å². The predicted octanol–water partition coefficient (Wildman–Crippen LogP) is 3.66. The molecular weight excluding hydrogens is 316 g/mol. The minimum absolute atomic E-state index is 0.275. The molecule has 106 valence electrons. The number of halogens is 1. The molecule has 0 saturated carbocycles. The highest BCUT2D eigenvalue weighted by Gasteiger charge is 2.11. The third kappa shape index (κ3) is 3.58. The van der Waals surface area contributed by atoms with Crippen molar-refractivity contribution in [3.8, 4) is 5.75 Å². The zero-order valence-corrected chi connectivity index (χ0v) is 13.6. The molecule has 0 spiro atoms. The number of nitrogens with zero attached hydrogens (tertiary/aromatic N) is 1. The molecule has 1 aromatic carbocycles. The van der Waals surface area contributed by atoms with Crippen LogP contribution in [-0.2, 0) is 6.42 Å². The molecule has 0 saturated heterocycles. The van der Waals surface area contributed by atoms with Crippen LogP contribution in [0.15, 0.2) is 41.0 Å². The van der Waals surface area contributed by atoms with Gasteiger partial charge >= 0.3 is 0 Å². The first-order valence-corrected chi connectivity index (χ1v) is 7.35. The summed E-state index contributed by atoms with van der Waals surface area (Å²) in [7, 11) is 3.66. The number of aryl methyl sites for hydroxylation is 1. The minimum atomic E-state index is 0.275. The van der Waals surface area contributed by atoms with Crippen LogP contribution < -0.4 is 10.1 Å². The molecule has 1 atom stereocenters. The quantitative estimate of drug-likeness (QED) is 0.905. The van der Waals surface area contributed by atoms with E-state index >= 15 is 0 Å². The minimum Gasteiger partial charge on any atom is -0.496 e. The Hall–Kier alpha value is -1.39. The summed E-state index contributed by atoms with van der Waals surface area (Å²) in [5.74, 6) is 0.856. The number of benzene rings is 1. The highest BCUT2D eigenvalue weighted by Crippen LogP contribution is 2.27. The van der Waals surface area contributed by atoms with Crippen molar-refractivity contribution in [3.05, 3.63) is 57.8 Å². The first-order chi connectivity index (χ1) is 9.63. The Balaban J connectivity index is 2.20. The van der Waals surface area contributed by atoms with Crippen LogP contribution in [0.3, 0.4) is 0 Å². The molecule has 0 bridgehead atoms. The maximum absolute atomic E-state index is 5.26. The zero-order chi connectivity index (χ0) is 14.5. The SMILES string of the molecule is CNC(Cc1ccc(OC)c(Br)c1)c1ccnc(C)c1. The first-order valence-electron chi connectivity index (χ1n) is 6.56. The van der Waals surface area contributed by atoms with Crippen LogP contribution in [0.4, 0.5) is 0 Å². The van der Waals surface area contributed by atoms with Crippen molar-refractivity contribution in [2.24, 2.45) is 0 Å². The molecule has 1 aromatic heterocycles. The lowest BCUT2D eigenvalue weighted by molar-refractivity contribution is 0.412. The fourth-order valence-corrected chi connectivity index (χ4v) is 2.83. The highest BCUT2D eigenvalue weighted by atomic mass is 79.9. The normalized spacial score (nSPS) is 12.2. The molecule has 1 heterocycles. The number of pyridine rings is 1. The first kappa shape index (κ1) is 15.0. The van der Waals surface area contributed by atoms with Gasteiger partial charge in [-0.3, -0.25) is 4.98 Å². The molecule has 1 unspecified atom stereocenters. The van der Waals surface area contributed by atoms with Gasteiger partial charge in [0.05, 0.1) is 11.6 Å². The fraction of sp³-hybridized carbons (Fsp3) is 0.312. The van der Waals surface area contributed by atoms with E-state index in [-0.39, 0.29) is 6.04 Å². The summed E-state index contributed by atoms with van der Waals surface area (Å²) >= 11 is 3.53. The second kappa shape index (κ2) is 6.86. The number of ether oxygens (including phenoxy) is 1. The standard InChI is InChI=1S/C16H19BrN2O/c1-11-8-13(6-7-19-11)15(18-2)10-12-4-5-16(20-3)14(17)9-12/h4-9,15,18H,10H2,1-3H3. The van der Waals surface area contributed by atoms with Gasteiger partial charge in [-0.2, -0.15) is 0 Å². The van der Waals surface area contributed by atoms with E-state index in [9.17, 15) is 0 Å². The van der Waals surface area contributed by atoms with Gasteiger partial charge < -0.3 is 10.1 Å².